The summed E-state index contributed by atoms with van der Waals surface area (Å²) in [5.74, 6) is 0.583. The summed E-state index contributed by atoms with van der Waals surface area (Å²) in [5, 5.41) is 0. The van der Waals surface area contributed by atoms with Gasteiger partial charge in [-0.2, -0.15) is 4.99 Å². The molecular formula is C12H14N2O2. The van der Waals surface area contributed by atoms with Gasteiger partial charge in [-0.05, 0) is 32.8 Å². The number of pyridine rings is 1. The zero-order valence-electron chi connectivity index (χ0n) is 9.43. The molecule has 4 heteroatoms. The highest BCUT2D eigenvalue weighted by atomic mass is 16.5. The van der Waals surface area contributed by atoms with Gasteiger partial charge in [-0.25, -0.2) is 9.78 Å². The van der Waals surface area contributed by atoms with Gasteiger partial charge in [-0.3, -0.25) is 0 Å². The van der Waals surface area contributed by atoms with Crippen LogP contribution in [0.2, 0.25) is 0 Å². The second-order valence-corrected chi connectivity index (χ2v) is 4.26. The molecule has 0 amide bonds. The first-order valence-electron chi connectivity index (χ1n) is 5.39. The van der Waals surface area contributed by atoms with E-state index in [1.165, 1.54) is 0 Å². The van der Waals surface area contributed by atoms with Gasteiger partial charge in [0, 0.05) is 6.07 Å². The molecule has 0 N–H and O–H groups in total. The lowest BCUT2D eigenvalue weighted by Gasteiger charge is -2.11. The molecule has 1 saturated carbocycles. The molecule has 1 heterocycles. The van der Waals surface area contributed by atoms with E-state index < -0.39 is 5.54 Å². The van der Waals surface area contributed by atoms with Crippen LogP contribution >= 0.6 is 0 Å². The number of hydrogen-bond acceptors (Lipinski definition) is 4. The van der Waals surface area contributed by atoms with Gasteiger partial charge in [-0.15, -0.1) is 0 Å². The third kappa shape index (κ3) is 2.12. The maximum Gasteiger partial charge on any atom is 0.235 e. The number of nitrogens with zero attached hydrogens (tertiary/aromatic N) is 2. The fourth-order valence-electron chi connectivity index (χ4n) is 1.61. The molecule has 1 fully saturated rings. The summed E-state index contributed by atoms with van der Waals surface area (Å²) in [4.78, 5) is 18.6. The van der Waals surface area contributed by atoms with Crippen LogP contribution in [0.15, 0.2) is 23.2 Å². The summed E-state index contributed by atoms with van der Waals surface area (Å²) in [6.07, 6.45) is 3.44. The van der Waals surface area contributed by atoms with Crippen LogP contribution in [0, 0.1) is 0 Å². The average Bonchev–Trinajstić information content (AvgIpc) is 2.99. The Kier molecular flexibility index (Phi) is 2.75. The minimum atomic E-state index is -0.419. The van der Waals surface area contributed by atoms with Crippen molar-refractivity contribution in [2.24, 2.45) is 4.99 Å². The number of isocyanates is 1. The summed E-state index contributed by atoms with van der Waals surface area (Å²) < 4.78 is 5.50. The molecule has 0 spiro atoms. The van der Waals surface area contributed by atoms with E-state index in [4.69, 9.17) is 4.74 Å². The molecule has 0 unspecified atom stereocenters. The summed E-state index contributed by atoms with van der Waals surface area (Å²) >= 11 is 0. The van der Waals surface area contributed by atoms with E-state index in [1.807, 2.05) is 32.0 Å². The monoisotopic (exact) mass is 218 g/mol. The molecule has 4 nitrogen and oxygen atoms in total. The van der Waals surface area contributed by atoms with Crippen molar-refractivity contribution in [3.05, 3.63) is 23.9 Å². The van der Waals surface area contributed by atoms with Gasteiger partial charge in [0.05, 0.1) is 11.8 Å². The number of hydrogen-bond donors (Lipinski definition) is 0. The Labute approximate surface area is 94.4 Å². The molecule has 1 aromatic rings. The van der Waals surface area contributed by atoms with Crippen molar-refractivity contribution < 1.29 is 9.53 Å². The Balaban J connectivity index is 2.26. The molecule has 84 valence electrons. The molecule has 1 aliphatic rings. The Morgan fingerprint density at radius 3 is 2.81 bits per heavy atom. The van der Waals surface area contributed by atoms with E-state index in [9.17, 15) is 4.79 Å². The highest BCUT2D eigenvalue weighted by Crippen LogP contribution is 2.48. The van der Waals surface area contributed by atoms with Crippen LogP contribution in [0.3, 0.4) is 0 Å². The number of carbonyl (C=O) groups excluding carboxylic acids is 1. The van der Waals surface area contributed by atoms with Crippen LogP contribution < -0.4 is 4.74 Å². The normalized spacial score (nSPS) is 16.7. The quantitative estimate of drug-likeness (QED) is 0.575. The zero-order valence-corrected chi connectivity index (χ0v) is 9.43. The molecule has 0 saturated heterocycles. The summed E-state index contributed by atoms with van der Waals surface area (Å²) in [7, 11) is 0. The maximum absolute atomic E-state index is 10.3. The lowest BCUT2D eigenvalue weighted by Crippen LogP contribution is -2.10. The minimum Gasteiger partial charge on any atom is -0.475 e. The standard InChI is InChI=1S/C12H14N2O2/c1-9(2)16-11-5-3-4-10(14-11)12(6-7-12)13-8-15/h3-5,9H,6-7H2,1-2H3. The number of rotatable bonds is 4. The van der Waals surface area contributed by atoms with Crippen LogP contribution in [-0.2, 0) is 10.3 Å². The van der Waals surface area contributed by atoms with Crippen LogP contribution in [0.4, 0.5) is 0 Å². The van der Waals surface area contributed by atoms with E-state index in [2.05, 4.69) is 9.98 Å². The lowest BCUT2D eigenvalue weighted by atomic mass is 10.2. The molecule has 0 atom stereocenters. The number of ether oxygens (including phenoxy) is 1. The van der Waals surface area contributed by atoms with Gasteiger partial charge in [0.15, 0.2) is 0 Å². The fourth-order valence-corrected chi connectivity index (χ4v) is 1.61. The second-order valence-electron chi connectivity index (χ2n) is 4.26. The van der Waals surface area contributed by atoms with Gasteiger partial charge in [0.1, 0.15) is 5.54 Å². The van der Waals surface area contributed by atoms with Crippen molar-refractivity contribution in [2.45, 2.75) is 38.3 Å². The SMILES string of the molecule is CC(C)Oc1cccc(C2(N=C=O)CC2)n1. The molecule has 0 aliphatic heterocycles. The topological polar surface area (TPSA) is 51.5 Å². The molecule has 1 aliphatic carbocycles. The molecule has 2 rings (SSSR count). The fraction of sp³-hybridized carbons (Fsp3) is 0.500. The van der Waals surface area contributed by atoms with Gasteiger partial charge < -0.3 is 4.74 Å². The number of aliphatic imine (C=N–C) groups is 1. The van der Waals surface area contributed by atoms with Gasteiger partial charge >= 0.3 is 0 Å². The van der Waals surface area contributed by atoms with Crippen molar-refractivity contribution in [1.29, 1.82) is 0 Å². The van der Waals surface area contributed by atoms with E-state index in [1.54, 1.807) is 6.08 Å². The molecule has 16 heavy (non-hydrogen) atoms. The molecule has 0 aromatic carbocycles. The summed E-state index contributed by atoms with van der Waals surface area (Å²) in [6.45, 7) is 3.90. The lowest BCUT2D eigenvalue weighted by molar-refractivity contribution is 0.231. The van der Waals surface area contributed by atoms with Crippen molar-refractivity contribution in [3.8, 4) is 5.88 Å². The first kappa shape index (κ1) is 10.8. The van der Waals surface area contributed by atoms with E-state index in [0.29, 0.717) is 5.88 Å². The molecule has 1 aromatic heterocycles. The van der Waals surface area contributed by atoms with Crippen molar-refractivity contribution in [3.63, 3.8) is 0 Å². The Morgan fingerprint density at radius 1 is 1.50 bits per heavy atom. The zero-order chi connectivity index (χ0) is 11.6. The first-order chi connectivity index (χ1) is 7.66. The third-order valence-electron chi connectivity index (χ3n) is 2.54. The predicted molar refractivity (Wildman–Crippen MR) is 59.0 cm³/mol. The molecular weight excluding hydrogens is 204 g/mol. The van der Waals surface area contributed by atoms with Crippen molar-refractivity contribution in [2.75, 3.05) is 0 Å². The Hall–Kier alpha value is -1.67. The van der Waals surface area contributed by atoms with Crippen LogP contribution in [0.5, 0.6) is 5.88 Å². The molecule has 0 radical (unpaired) electrons. The summed E-state index contributed by atoms with van der Waals surface area (Å²) in [5.41, 5.74) is 0.381. The van der Waals surface area contributed by atoms with Gasteiger partial charge in [0.25, 0.3) is 0 Å². The van der Waals surface area contributed by atoms with Crippen molar-refractivity contribution >= 4 is 6.08 Å². The molecule has 0 bridgehead atoms. The van der Waals surface area contributed by atoms with Crippen LogP contribution in [0.1, 0.15) is 32.4 Å². The van der Waals surface area contributed by atoms with E-state index >= 15 is 0 Å². The summed E-state index contributed by atoms with van der Waals surface area (Å²) in [6, 6.07) is 5.56. The smallest absolute Gasteiger partial charge is 0.235 e. The van der Waals surface area contributed by atoms with Crippen LogP contribution in [-0.4, -0.2) is 17.2 Å². The Bertz CT molecular complexity index is 432. The first-order valence-corrected chi connectivity index (χ1v) is 5.39. The predicted octanol–water partition coefficient (Wildman–Crippen LogP) is 2.19. The van der Waals surface area contributed by atoms with Crippen molar-refractivity contribution in [1.82, 2.24) is 4.98 Å². The second kappa shape index (κ2) is 4.06. The van der Waals surface area contributed by atoms with E-state index in [0.717, 1.165) is 18.5 Å². The van der Waals surface area contributed by atoms with E-state index in [-0.39, 0.29) is 6.10 Å². The maximum atomic E-state index is 10.3. The Morgan fingerprint density at radius 2 is 2.25 bits per heavy atom. The minimum absolute atomic E-state index is 0.0903. The van der Waals surface area contributed by atoms with Crippen LogP contribution in [0.25, 0.3) is 0 Å². The third-order valence-corrected chi connectivity index (χ3v) is 2.54. The largest absolute Gasteiger partial charge is 0.475 e. The van der Waals surface area contributed by atoms with Gasteiger partial charge in [-0.1, -0.05) is 6.07 Å². The highest BCUT2D eigenvalue weighted by molar-refractivity contribution is 5.39. The highest BCUT2D eigenvalue weighted by Gasteiger charge is 2.46. The average molecular weight is 218 g/mol. The van der Waals surface area contributed by atoms with Gasteiger partial charge in [0.2, 0.25) is 12.0 Å². The number of aromatic nitrogens is 1.